The second-order valence-corrected chi connectivity index (χ2v) is 2.59. The minimum Gasteiger partial charge on any atom is -0.384 e. The van der Waals surface area contributed by atoms with E-state index >= 15 is 0 Å². The molecule has 0 aromatic carbocycles. The number of rotatable bonds is 2. The summed E-state index contributed by atoms with van der Waals surface area (Å²) >= 11 is 5.05. The highest BCUT2D eigenvalue weighted by Gasteiger charge is 2.18. The topological polar surface area (TPSA) is 56.0 Å². The van der Waals surface area contributed by atoms with E-state index in [1.165, 1.54) is 6.07 Å². The van der Waals surface area contributed by atoms with Gasteiger partial charge in [-0.3, -0.25) is 4.79 Å². The Kier molecular flexibility index (Phi) is 2.77. The minimum atomic E-state index is -2.86. The molecule has 13 heavy (non-hydrogen) atoms. The third-order valence-electron chi connectivity index (χ3n) is 1.36. The summed E-state index contributed by atoms with van der Waals surface area (Å²) in [4.78, 5) is 13.9. The van der Waals surface area contributed by atoms with Crippen LogP contribution in [0.2, 0.25) is 0 Å². The summed E-state index contributed by atoms with van der Waals surface area (Å²) in [6.07, 6.45) is -2.86. The van der Waals surface area contributed by atoms with E-state index < -0.39 is 17.4 Å². The molecule has 0 aliphatic rings. The molecule has 3 nitrogen and oxygen atoms in total. The van der Waals surface area contributed by atoms with Crippen LogP contribution in [0.3, 0.4) is 0 Å². The molecule has 0 aliphatic carbocycles. The fourth-order valence-corrected chi connectivity index (χ4v) is 0.983. The maximum Gasteiger partial charge on any atom is 0.281 e. The molecule has 1 aromatic rings. The van der Waals surface area contributed by atoms with Crippen molar-refractivity contribution in [3.63, 3.8) is 0 Å². The van der Waals surface area contributed by atoms with Crippen LogP contribution >= 0.6 is 11.6 Å². The quantitative estimate of drug-likeness (QED) is 0.753. The van der Waals surface area contributed by atoms with Crippen molar-refractivity contribution in [2.24, 2.45) is 0 Å². The first-order valence-electron chi connectivity index (χ1n) is 3.26. The average molecular weight is 207 g/mol. The van der Waals surface area contributed by atoms with Crippen molar-refractivity contribution in [1.29, 1.82) is 0 Å². The van der Waals surface area contributed by atoms with Crippen molar-refractivity contribution >= 4 is 22.7 Å². The predicted octanol–water partition coefficient (Wildman–Crippen LogP) is 1.98. The molecular formula is C7H5ClF2N2O. The van der Waals surface area contributed by atoms with Gasteiger partial charge < -0.3 is 5.73 Å². The van der Waals surface area contributed by atoms with E-state index in [9.17, 15) is 13.6 Å². The molecule has 0 fully saturated rings. The Labute approximate surface area is 77.5 Å². The normalized spacial score (nSPS) is 10.5. The number of alkyl halides is 2. The summed E-state index contributed by atoms with van der Waals surface area (Å²) < 4.78 is 24.5. The number of nitrogens with two attached hydrogens (primary N) is 1. The number of hydrogen-bond acceptors (Lipinski definition) is 3. The van der Waals surface area contributed by atoms with Gasteiger partial charge in [-0.2, -0.15) is 0 Å². The molecule has 0 spiro atoms. The standard InChI is InChI=1S/C7H5ClF2N2O/c8-6(13)3-1-2-4(11)12-5(3)7(9)10/h1-2,7H,(H2,11,12). The highest BCUT2D eigenvalue weighted by Crippen LogP contribution is 2.22. The number of halogens is 3. The summed E-state index contributed by atoms with van der Waals surface area (Å²) in [5.41, 5.74) is 4.17. The fourth-order valence-electron chi connectivity index (χ4n) is 0.823. The van der Waals surface area contributed by atoms with Gasteiger partial charge >= 0.3 is 0 Å². The number of nitrogens with zero attached hydrogens (tertiary/aromatic N) is 1. The van der Waals surface area contributed by atoms with Crippen LogP contribution in [0.25, 0.3) is 0 Å². The fraction of sp³-hybridized carbons (Fsp3) is 0.143. The third kappa shape index (κ3) is 2.12. The van der Waals surface area contributed by atoms with Gasteiger partial charge in [-0.05, 0) is 23.7 Å². The van der Waals surface area contributed by atoms with E-state index in [4.69, 9.17) is 17.3 Å². The monoisotopic (exact) mass is 206 g/mol. The molecule has 0 amide bonds. The molecule has 0 bridgehead atoms. The number of anilines is 1. The van der Waals surface area contributed by atoms with E-state index in [1.54, 1.807) is 0 Å². The predicted molar refractivity (Wildman–Crippen MR) is 43.8 cm³/mol. The van der Waals surface area contributed by atoms with Gasteiger partial charge in [-0.15, -0.1) is 0 Å². The van der Waals surface area contributed by atoms with Gasteiger partial charge in [0, 0.05) is 0 Å². The number of pyridine rings is 1. The summed E-state index contributed by atoms with van der Waals surface area (Å²) in [5.74, 6) is -0.0723. The lowest BCUT2D eigenvalue weighted by Gasteiger charge is -2.03. The molecule has 0 radical (unpaired) electrons. The Balaban J connectivity index is 3.26. The molecule has 1 heterocycles. The van der Waals surface area contributed by atoms with E-state index in [0.29, 0.717) is 0 Å². The summed E-state index contributed by atoms with van der Waals surface area (Å²) in [7, 11) is 0. The van der Waals surface area contributed by atoms with E-state index in [2.05, 4.69) is 4.98 Å². The first-order valence-corrected chi connectivity index (χ1v) is 3.64. The Morgan fingerprint density at radius 3 is 2.62 bits per heavy atom. The van der Waals surface area contributed by atoms with E-state index in [1.807, 2.05) is 0 Å². The van der Waals surface area contributed by atoms with Crippen molar-refractivity contribution in [3.8, 4) is 0 Å². The van der Waals surface area contributed by atoms with Crippen molar-refractivity contribution < 1.29 is 13.6 Å². The summed E-state index contributed by atoms with van der Waals surface area (Å²) in [5, 5.41) is -0.970. The lowest BCUT2D eigenvalue weighted by Crippen LogP contribution is -2.03. The molecule has 2 N–H and O–H groups in total. The highest BCUT2D eigenvalue weighted by atomic mass is 35.5. The third-order valence-corrected chi connectivity index (χ3v) is 1.57. The van der Waals surface area contributed by atoms with Crippen molar-refractivity contribution in [1.82, 2.24) is 4.98 Å². The van der Waals surface area contributed by atoms with Gasteiger partial charge in [0.2, 0.25) is 0 Å². The number of nitrogen functional groups attached to an aromatic ring is 1. The van der Waals surface area contributed by atoms with Crippen molar-refractivity contribution in [3.05, 3.63) is 23.4 Å². The van der Waals surface area contributed by atoms with Gasteiger partial charge in [-0.1, -0.05) is 0 Å². The maximum atomic E-state index is 12.2. The number of carbonyl (C=O) groups excluding carboxylic acids is 1. The summed E-state index contributed by atoms with van der Waals surface area (Å²) in [6.45, 7) is 0. The molecule has 0 saturated carbocycles. The Morgan fingerprint density at radius 2 is 2.15 bits per heavy atom. The zero-order valence-corrected chi connectivity index (χ0v) is 7.05. The number of aromatic nitrogens is 1. The van der Waals surface area contributed by atoms with Gasteiger partial charge in [0.25, 0.3) is 11.7 Å². The molecule has 0 saturated heterocycles. The SMILES string of the molecule is Nc1ccc(C(=O)Cl)c(C(F)F)n1. The van der Waals surface area contributed by atoms with Gasteiger partial charge in [-0.25, -0.2) is 13.8 Å². The first-order chi connectivity index (χ1) is 6.02. The molecule has 0 atom stereocenters. The Morgan fingerprint density at radius 1 is 1.54 bits per heavy atom. The lowest BCUT2D eigenvalue weighted by molar-refractivity contribution is 0.106. The maximum absolute atomic E-state index is 12.2. The van der Waals surface area contributed by atoms with Crippen LogP contribution < -0.4 is 5.73 Å². The van der Waals surface area contributed by atoms with E-state index in [-0.39, 0.29) is 11.4 Å². The first kappa shape index (κ1) is 9.85. The molecule has 0 unspecified atom stereocenters. The second-order valence-electron chi connectivity index (χ2n) is 2.24. The van der Waals surface area contributed by atoms with Crippen LogP contribution in [-0.2, 0) is 0 Å². The largest absolute Gasteiger partial charge is 0.384 e. The highest BCUT2D eigenvalue weighted by molar-refractivity contribution is 6.67. The van der Waals surface area contributed by atoms with Gasteiger partial charge in [0.15, 0.2) is 0 Å². The van der Waals surface area contributed by atoms with Crippen LogP contribution in [0, 0.1) is 0 Å². The molecular weight excluding hydrogens is 202 g/mol. The van der Waals surface area contributed by atoms with Crippen LogP contribution in [0.15, 0.2) is 12.1 Å². The van der Waals surface area contributed by atoms with Crippen LogP contribution in [0.1, 0.15) is 22.5 Å². The minimum absolute atomic E-state index is 0.0723. The number of hydrogen-bond donors (Lipinski definition) is 1. The average Bonchev–Trinajstić information content (AvgIpc) is 2.03. The number of carbonyl (C=O) groups is 1. The Hall–Kier alpha value is -1.23. The molecule has 1 aromatic heterocycles. The smallest absolute Gasteiger partial charge is 0.281 e. The molecule has 6 heteroatoms. The molecule has 70 valence electrons. The molecule has 0 aliphatic heterocycles. The second kappa shape index (κ2) is 3.66. The van der Waals surface area contributed by atoms with Gasteiger partial charge in [0.05, 0.1) is 5.56 Å². The van der Waals surface area contributed by atoms with Crippen LogP contribution in [0.4, 0.5) is 14.6 Å². The Bertz CT molecular complexity index is 343. The van der Waals surface area contributed by atoms with Crippen molar-refractivity contribution in [2.75, 3.05) is 5.73 Å². The van der Waals surface area contributed by atoms with E-state index in [0.717, 1.165) is 6.07 Å². The van der Waals surface area contributed by atoms with Crippen molar-refractivity contribution in [2.45, 2.75) is 6.43 Å². The zero-order chi connectivity index (χ0) is 10.0. The summed E-state index contributed by atoms with van der Waals surface area (Å²) in [6, 6.07) is 2.36. The van der Waals surface area contributed by atoms with Gasteiger partial charge in [0.1, 0.15) is 11.5 Å². The van der Waals surface area contributed by atoms with Crippen LogP contribution in [-0.4, -0.2) is 10.2 Å². The zero-order valence-electron chi connectivity index (χ0n) is 6.30. The van der Waals surface area contributed by atoms with Crippen LogP contribution in [0.5, 0.6) is 0 Å². The molecule has 1 rings (SSSR count). The lowest BCUT2D eigenvalue weighted by atomic mass is 10.2.